The van der Waals surface area contributed by atoms with Crippen LogP contribution in [0.2, 0.25) is 5.02 Å². The Labute approximate surface area is 194 Å². The third kappa shape index (κ3) is 6.61. The number of thiocarbonyl (C=S) groups is 2. The van der Waals surface area contributed by atoms with Crippen LogP contribution in [0.1, 0.15) is 17.5 Å². The molecule has 1 heterocycles. The van der Waals surface area contributed by atoms with Gasteiger partial charge in [0, 0.05) is 28.9 Å². The molecule has 3 aromatic rings. The van der Waals surface area contributed by atoms with Crippen molar-refractivity contribution >= 4 is 69.5 Å². The van der Waals surface area contributed by atoms with Gasteiger partial charge in [-0.25, -0.2) is 0 Å². The van der Waals surface area contributed by atoms with E-state index in [0.29, 0.717) is 22.2 Å². The molecular weight excluding hydrogens is 456 g/mol. The van der Waals surface area contributed by atoms with Crippen LogP contribution in [0.4, 0.5) is 11.4 Å². The molecule has 0 spiro atoms. The summed E-state index contributed by atoms with van der Waals surface area (Å²) in [6.07, 6.45) is 0. The molecule has 0 aliphatic carbocycles. The predicted octanol–water partition coefficient (Wildman–Crippen LogP) is 4.56. The minimum absolute atomic E-state index is 0.115. The second-order valence-corrected chi connectivity index (χ2v) is 7.54. The first-order chi connectivity index (χ1) is 14.8. The molecule has 3 rings (SSSR count). The number of carbonyl (C=O) groups excluding carboxylic acids is 2. The first-order valence-electron chi connectivity index (χ1n) is 8.97. The van der Waals surface area contributed by atoms with E-state index in [1.807, 2.05) is 0 Å². The lowest BCUT2D eigenvalue weighted by atomic mass is 10.2. The van der Waals surface area contributed by atoms with Crippen molar-refractivity contribution in [2.45, 2.75) is 6.92 Å². The number of halogens is 1. The highest BCUT2D eigenvalue weighted by Crippen LogP contribution is 2.23. The summed E-state index contributed by atoms with van der Waals surface area (Å²) in [6, 6.07) is 17.3. The van der Waals surface area contributed by atoms with E-state index in [1.54, 1.807) is 60.7 Å². The minimum atomic E-state index is -0.475. The summed E-state index contributed by atoms with van der Waals surface area (Å²) < 4.78 is 5.61. The van der Waals surface area contributed by atoms with Crippen LogP contribution < -0.4 is 21.3 Å². The predicted molar refractivity (Wildman–Crippen MR) is 129 cm³/mol. The van der Waals surface area contributed by atoms with Gasteiger partial charge in [0.05, 0.1) is 0 Å². The Morgan fingerprint density at radius 2 is 1.35 bits per heavy atom. The van der Waals surface area contributed by atoms with Crippen LogP contribution in [0.5, 0.6) is 0 Å². The van der Waals surface area contributed by atoms with Gasteiger partial charge in [-0.15, -0.1) is 0 Å². The lowest BCUT2D eigenvalue weighted by Crippen LogP contribution is -2.34. The number of hydrogen-bond donors (Lipinski definition) is 4. The van der Waals surface area contributed by atoms with Crippen molar-refractivity contribution in [3.05, 3.63) is 71.4 Å². The van der Waals surface area contributed by atoms with Gasteiger partial charge in [0.25, 0.3) is 5.91 Å². The Kier molecular flexibility index (Phi) is 7.35. The first-order valence-corrected chi connectivity index (χ1v) is 10.2. The van der Waals surface area contributed by atoms with Crippen molar-refractivity contribution in [3.63, 3.8) is 0 Å². The smallest absolute Gasteiger partial charge is 0.293 e. The zero-order valence-corrected chi connectivity index (χ0v) is 18.6. The SMILES string of the molecule is CC(=O)NC(=S)Nc1ccc(NC(=S)NC(=O)c2ccc(-c3ccc(Cl)cc3)o2)cc1. The molecule has 31 heavy (non-hydrogen) atoms. The van der Waals surface area contributed by atoms with Crippen molar-refractivity contribution in [1.29, 1.82) is 0 Å². The molecule has 10 heteroatoms. The second kappa shape index (κ2) is 10.2. The van der Waals surface area contributed by atoms with Gasteiger partial charge in [-0.1, -0.05) is 11.6 Å². The fourth-order valence-corrected chi connectivity index (χ4v) is 3.11. The summed E-state index contributed by atoms with van der Waals surface area (Å²) in [5, 5.41) is 11.8. The van der Waals surface area contributed by atoms with Crippen LogP contribution in [-0.2, 0) is 4.79 Å². The molecule has 2 amide bonds. The molecule has 0 saturated heterocycles. The highest BCUT2D eigenvalue weighted by atomic mass is 35.5. The van der Waals surface area contributed by atoms with Gasteiger partial charge in [-0.05, 0) is 85.1 Å². The zero-order chi connectivity index (χ0) is 22.4. The number of rotatable bonds is 4. The molecule has 0 aliphatic rings. The summed E-state index contributed by atoms with van der Waals surface area (Å²) in [5.41, 5.74) is 2.14. The summed E-state index contributed by atoms with van der Waals surface area (Å²) in [5.74, 6) is -0.0635. The highest BCUT2D eigenvalue weighted by molar-refractivity contribution is 7.80. The van der Waals surface area contributed by atoms with Gasteiger partial charge in [-0.2, -0.15) is 0 Å². The Morgan fingerprint density at radius 1 is 0.806 bits per heavy atom. The Balaban J connectivity index is 1.54. The van der Waals surface area contributed by atoms with Gasteiger partial charge in [0.15, 0.2) is 16.0 Å². The number of furan rings is 1. The lowest BCUT2D eigenvalue weighted by molar-refractivity contribution is -0.117. The Bertz CT molecular complexity index is 1130. The maximum atomic E-state index is 12.4. The molecule has 4 N–H and O–H groups in total. The van der Waals surface area contributed by atoms with Crippen LogP contribution in [-0.4, -0.2) is 22.0 Å². The molecule has 0 fully saturated rings. The van der Waals surface area contributed by atoms with E-state index in [0.717, 1.165) is 5.56 Å². The van der Waals surface area contributed by atoms with Crippen LogP contribution in [0.15, 0.2) is 65.1 Å². The van der Waals surface area contributed by atoms with Crippen LogP contribution in [0, 0.1) is 0 Å². The molecule has 0 radical (unpaired) electrons. The Morgan fingerprint density at radius 3 is 1.90 bits per heavy atom. The first kappa shape index (κ1) is 22.4. The normalized spacial score (nSPS) is 10.1. The number of carbonyl (C=O) groups is 2. The summed E-state index contributed by atoms with van der Waals surface area (Å²) in [4.78, 5) is 23.4. The van der Waals surface area contributed by atoms with Crippen LogP contribution in [0.3, 0.4) is 0 Å². The maximum Gasteiger partial charge on any atom is 0.293 e. The van der Waals surface area contributed by atoms with Crippen molar-refractivity contribution in [2.75, 3.05) is 10.6 Å². The highest BCUT2D eigenvalue weighted by Gasteiger charge is 2.14. The largest absolute Gasteiger partial charge is 0.451 e. The van der Waals surface area contributed by atoms with Crippen LogP contribution in [0.25, 0.3) is 11.3 Å². The van der Waals surface area contributed by atoms with E-state index in [9.17, 15) is 9.59 Å². The average Bonchev–Trinajstić information content (AvgIpc) is 3.20. The Hall–Kier alpha value is -3.27. The summed E-state index contributed by atoms with van der Waals surface area (Å²) >= 11 is 16.1. The van der Waals surface area contributed by atoms with Crippen LogP contribution >= 0.6 is 36.0 Å². The number of amides is 2. The van der Waals surface area contributed by atoms with E-state index in [-0.39, 0.29) is 21.9 Å². The molecule has 0 aliphatic heterocycles. The fourth-order valence-electron chi connectivity index (χ4n) is 2.52. The quantitative estimate of drug-likeness (QED) is 0.413. The summed E-state index contributed by atoms with van der Waals surface area (Å²) in [6.45, 7) is 1.37. The zero-order valence-electron chi connectivity index (χ0n) is 16.2. The van der Waals surface area contributed by atoms with Gasteiger partial charge >= 0.3 is 0 Å². The molecule has 158 valence electrons. The second-order valence-electron chi connectivity index (χ2n) is 6.29. The number of benzene rings is 2. The number of anilines is 2. The molecule has 0 bridgehead atoms. The molecular formula is C21H17ClN4O3S2. The van der Waals surface area contributed by atoms with Crippen molar-refractivity contribution in [2.24, 2.45) is 0 Å². The maximum absolute atomic E-state index is 12.4. The molecule has 0 atom stereocenters. The van der Waals surface area contributed by atoms with Gasteiger partial charge in [0.2, 0.25) is 5.91 Å². The molecule has 0 saturated carbocycles. The number of hydrogen-bond acceptors (Lipinski definition) is 5. The molecule has 7 nitrogen and oxygen atoms in total. The van der Waals surface area contributed by atoms with Crippen molar-refractivity contribution in [3.8, 4) is 11.3 Å². The lowest BCUT2D eigenvalue weighted by Gasteiger charge is -2.11. The fraction of sp³-hybridized carbons (Fsp3) is 0.0476. The average molecular weight is 473 g/mol. The monoisotopic (exact) mass is 472 g/mol. The third-order valence-electron chi connectivity index (χ3n) is 3.88. The minimum Gasteiger partial charge on any atom is -0.451 e. The van der Waals surface area contributed by atoms with Gasteiger partial charge in [-0.3, -0.25) is 14.9 Å². The van der Waals surface area contributed by atoms with Gasteiger partial charge < -0.3 is 20.4 Å². The van der Waals surface area contributed by atoms with Gasteiger partial charge in [0.1, 0.15) is 5.76 Å². The van der Waals surface area contributed by atoms with E-state index in [1.165, 1.54) is 6.92 Å². The summed E-state index contributed by atoms with van der Waals surface area (Å²) in [7, 11) is 0. The van der Waals surface area contributed by atoms with Crippen molar-refractivity contribution < 1.29 is 14.0 Å². The van der Waals surface area contributed by atoms with E-state index in [4.69, 9.17) is 40.5 Å². The molecule has 0 unspecified atom stereocenters. The standard InChI is InChI=1S/C21H17ClN4O3S2/c1-12(27)23-20(30)24-15-6-8-16(9-7-15)25-21(31)26-19(28)18-11-10-17(29-18)13-2-4-14(22)5-3-13/h2-11H,1H3,(H2,23,24,27,30)(H2,25,26,28,31). The number of nitrogens with one attached hydrogen (secondary N) is 4. The van der Waals surface area contributed by atoms with E-state index >= 15 is 0 Å². The third-order valence-corrected chi connectivity index (χ3v) is 4.54. The van der Waals surface area contributed by atoms with E-state index in [2.05, 4.69) is 21.3 Å². The van der Waals surface area contributed by atoms with E-state index < -0.39 is 5.91 Å². The molecule has 2 aromatic carbocycles. The molecule has 1 aromatic heterocycles. The topological polar surface area (TPSA) is 95.4 Å². The van der Waals surface area contributed by atoms with Crippen molar-refractivity contribution in [1.82, 2.24) is 10.6 Å².